The first kappa shape index (κ1) is 15.0. The Hall–Kier alpha value is -1.92. The van der Waals surface area contributed by atoms with Crippen LogP contribution in [0, 0.1) is 12.8 Å². The van der Waals surface area contributed by atoms with Crippen LogP contribution in [-0.2, 0) is 14.3 Å². The third kappa shape index (κ3) is 2.48. The molecule has 0 bridgehead atoms. The molecule has 22 heavy (non-hydrogen) atoms. The molecule has 0 aromatic heterocycles. The molecule has 1 aromatic rings. The van der Waals surface area contributed by atoms with Gasteiger partial charge in [-0.25, -0.2) is 0 Å². The topological polar surface area (TPSA) is 90.7 Å². The fourth-order valence-corrected chi connectivity index (χ4v) is 3.41. The van der Waals surface area contributed by atoms with Gasteiger partial charge in [-0.2, -0.15) is 0 Å². The Morgan fingerprint density at radius 2 is 2.05 bits per heavy atom. The van der Waals surface area contributed by atoms with E-state index in [2.05, 4.69) is 5.32 Å². The van der Waals surface area contributed by atoms with Gasteiger partial charge in [-0.3, -0.25) is 9.59 Å². The van der Waals surface area contributed by atoms with Crippen LogP contribution in [0.3, 0.4) is 0 Å². The van der Waals surface area contributed by atoms with Crippen LogP contribution in [0.4, 0.5) is 5.69 Å². The van der Waals surface area contributed by atoms with Crippen LogP contribution in [0.25, 0.3) is 0 Å². The number of amides is 2. The molecule has 0 radical (unpaired) electrons. The fourth-order valence-electron chi connectivity index (χ4n) is 3.41. The molecule has 2 aliphatic rings. The van der Waals surface area contributed by atoms with Crippen molar-refractivity contribution in [3.8, 4) is 0 Å². The van der Waals surface area contributed by atoms with E-state index in [0.29, 0.717) is 30.9 Å². The quantitative estimate of drug-likeness (QED) is 0.887. The van der Waals surface area contributed by atoms with Crippen molar-refractivity contribution in [1.82, 2.24) is 0 Å². The number of nitrogens with one attached hydrogen (secondary N) is 1. The maximum Gasteiger partial charge on any atom is 0.251 e. The van der Waals surface area contributed by atoms with Gasteiger partial charge < -0.3 is 20.5 Å². The van der Waals surface area contributed by atoms with Crippen molar-refractivity contribution < 1.29 is 19.1 Å². The molecule has 1 saturated heterocycles. The average Bonchev–Trinajstić information content (AvgIpc) is 3.09. The zero-order valence-corrected chi connectivity index (χ0v) is 12.6. The van der Waals surface area contributed by atoms with Crippen molar-refractivity contribution in [1.29, 1.82) is 0 Å². The number of carbonyl (C=O) groups is 2. The normalized spacial score (nSPS) is 22.9. The van der Waals surface area contributed by atoms with Crippen molar-refractivity contribution in [3.05, 3.63) is 29.3 Å². The minimum atomic E-state index is -0.791. The Morgan fingerprint density at radius 3 is 2.73 bits per heavy atom. The van der Waals surface area contributed by atoms with Gasteiger partial charge >= 0.3 is 0 Å². The minimum Gasteiger partial charge on any atom is -0.366 e. The summed E-state index contributed by atoms with van der Waals surface area (Å²) in [7, 11) is 0. The van der Waals surface area contributed by atoms with Crippen molar-refractivity contribution in [2.75, 3.05) is 18.5 Å². The van der Waals surface area contributed by atoms with Crippen LogP contribution in [-0.4, -0.2) is 30.8 Å². The molecule has 1 aliphatic carbocycles. The minimum absolute atomic E-state index is 0.187. The van der Waals surface area contributed by atoms with Crippen LogP contribution in [0.2, 0.25) is 0 Å². The molecule has 118 valence electrons. The lowest BCUT2D eigenvalue weighted by Crippen LogP contribution is -2.41. The number of aryl methyl sites for hydroxylation is 1. The van der Waals surface area contributed by atoms with E-state index in [0.717, 1.165) is 18.4 Å². The smallest absolute Gasteiger partial charge is 0.251 e. The molecule has 3 rings (SSSR count). The van der Waals surface area contributed by atoms with E-state index in [4.69, 9.17) is 15.2 Å². The van der Waals surface area contributed by atoms with Crippen LogP contribution >= 0.6 is 0 Å². The Kier molecular flexibility index (Phi) is 3.88. The van der Waals surface area contributed by atoms with Gasteiger partial charge in [0.15, 0.2) is 5.79 Å². The molecule has 6 nitrogen and oxygen atoms in total. The van der Waals surface area contributed by atoms with Crippen LogP contribution in [0.1, 0.15) is 35.2 Å². The second-order valence-electron chi connectivity index (χ2n) is 5.80. The maximum absolute atomic E-state index is 12.6. The average molecular weight is 304 g/mol. The van der Waals surface area contributed by atoms with Crippen molar-refractivity contribution in [3.63, 3.8) is 0 Å². The summed E-state index contributed by atoms with van der Waals surface area (Å²) in [6, 6.07) is 5.25. The molecule has 1 aliphatic heterocycles. The highest BCUT2D eigenvalue weighted by molar-refractivity contribution is 6.04. The number of nitrogens with two attached hydrogens (primary N) is 1. The van der Waals surface area contributed by atoms with Crippen molar-refractivity contribution in [2.24, 2.45) is 11.7 Å². The van der Waals surface area contributed by atoms with E-state index in [1.807, 2.05) is 0 Å². The van der Waals surface area contributed by atoms with Gasteiger partial charge in [-0.15, -0.1) is 0 Å². The number of anilines is 1. The summed E-state index contributed by atoms with van der Waals surface area (Å²) in [4.78, 5) is 24.3. The summed E-state index contributed by atoms with van der Waals surface area (Å²) in [5.74, 6) is -1.90. The van der Waals surface area contributed by atoms with Gasteiger partial charge in [0.1, 0.15) is 0 Å². The van der Waals surface area contributed by atoms with Crippen molar-refractivity contribution >= 4 is 17.5 Å². The number of hydrogen-bond donors (Lipinski definition) is 2. The Balaban J connectivity index is 1.83. The van der Waals surface area contributed by atoms with Crippen LogP contribution in [0.5, 0.6) is 0 Å². The Labute approximate surface area is 129 Å². The number of benzene rings is 1. The molecule has 2 fully saturated rings. The first-order valence-corrected chi connectivity index (χ1v) is 7.52. The van der Waals surface area contributed by atoms with Crippen molar-refractivity contribution in [2.45, 2.75) is 32.0 Å². The molecule has 1 unspecified atom stereocenters. The number of primary amides is 1. The standard InChI is InChI=1S/C16H20N2O4/c1-10-4-2-6-12(13(10)14(17)19)18-15(20)11-5-3-7-16(11)21-8-9-22-16/h2,4,6,11H,3,5,7-9H2,1H3,(H2,17,19)(H,18,20). The van der Waals surface area contributed by atoms with Crippen LogP contribution in [0.15, 0.2) is 18.2 Å². The summed E-state index contributed by atoms with van der Waals surface area (Å²) in [6.45, 7) is 2.82. The molecule has 1 saturated carbocycles. The third-order valence-corrected chi connectivity index (χ3v) is 4.42. The first-order chi connectivity index (χ1) is 10.5. The summed E-state index contributed by atoms with van der Waals surface area (Å²) >= 11 is 0. The highest BCUT2D eigenvalue weighted by atomic mass is 16.7. The zero-order valence-electron chi connectivity index (χ0n) is 12.6. The lowest BCUT2D eigenvalue weighted by atomic mass is 10.00. The van der Waals surface area contributed by atoms with Gasteiger partial charge in [-0.05, 0) is 31.4 Å². The van der Waals surface area contributed by atoms with Gasteiger partial charge in [0.05, 0.1) is 30.4 Å². The molecule has 1 atom stereocenters. The lowest BCUT2D eigenvalue weighted by Gasteiger charge is -2.28. The number of ether oxygens (including phenoxy) is 2. The van der Waals surface area contributed by atoms with E-state index < -0.39 is 11.7 Å². The van der Waals surface area contributed by atoms with Gasteiger partial charge in [0, 0.05) is 6.42 Å². The molecule has 1 spiro atoms. The van der Waals surface area contributed by atoms with E-state index in [-0.39, 0.29) is 11.8 Å². The maximum atomic E-state index is 12.6. The van der Waals surface area contributed by atoms with E-state index in [9.17, 15) is 9.59 Å². The fraction of sp³-hybridized carbons (Fsp3) is 0.500. The van der Waals surface area contributed by atoms with Gasteiger partial charge in [0.2, 0.25) is 5.91 Å². The van der Waals surface area contributed by atoms with E-state index in [1.165, 1.54) is 0 Å². The SMILES string of the molecule is Cc1cccc(NC(=O)C2CCCC23OCCO3)c1C(N)=O. The molecule has 3 N–H and O–H groups in total. The Bertz CT molecular complexity index is 603. The summed E-state index contributed by atoms with van der Waals surface area (Å²) < 4.78 is 11.4. The summed E-state index contributed by atoms with van der Waals surface area (Å²) in [5, 5.41) is 2.83. The molecule has 6 heteroatoms. The second-order valence-corrected chi connectivity index (χ2v) is 5.80. The molecule has 1 aromatic carbocycles. The third-order valence-electron chi connectivity index (χ3n) is 4.42. The monoisotopic (exact) mass is 304 g/mol. The number of hydrogen-bond acceptors (Lipinski definition) is 4. The van der Waals surface area contributed by atoms with E-state index >= 15 is 0 Å². The lowest BCUT2D eigenvalue weighted by molar-refractivity contribution is -0.184. The molecule has 2 amide bonds. The van der Waals surface area contributed by atoms with Gasteiger partial charge in [-0.1, -0.05) is 12.1 Å². The predicted molar refractivity (Wildman–Crippen MR) is 80.3 cm³/mol. The van der Waals surface area contributed by atoms with Gasteiger partial charge in [0.25, 0.3) is 5.91 Å². The molecular formula is C16H20N2O4. The van der Waals surface area contributed by atoms with Crippen LogP contribution < -0.4 is 11.1 Å². The summed E-state index contributed by atoms with van der Waals surface area (Å²) in [6.07, 6.45) is 2.32. The predicted octanol–water partition coefficient (Wildman–Crippen LogP) is 1.58. The highest BCUT2D eigenvalue weighted by Gasteiger charge is 2.51. The first-order valence-electron chi connectivity index (χ1n) is 7.52. The summed E-state index contributed by atoms with van der Waals surface area (Å²) in [5.41, 5.74) is 6.94. The molecular weight excluding hydrogens is 284 g/mol. The second kappa shape index (κ2) is 5.70. The highest BCUT2D eigenvalue weighted by Crippen LogP contribution is 2.42. The Morgan fingerprint density at radius 1 is 1.32 bits per heavy atom. The number of carbonyl (C=O) groups excluding carboxylic acids is 2. The zero-order chi connectivity index (χ0) is 15.7. The van der Waals surface area contributed by atoms with E-state index in [1.54, 1.807) is 25.1 Å². The molecule has 1 heterocycles. The number of rotatable bonds is 3. The largest absolute Gasteiger partial charge is 0.366 e.